The number of nitrogens with one attached hydrogen (secondary N) is 2. The Morgan fingerprint density at radius 3 is 2.70 bits per heavy atom. The molecule has 0 aliphatic rings. The largest absolute Gasteiger partial charge is 0.346 e. The van der Waals surface area contributed by atoms with Crippen LogP contribution in [0.5, 0.6) is 0 Å². The molecule has 0 saturated carbocycles. The molecule has 122 valence electrons. The van der Waals surface area contributed by atoms with E-state index in [1.54, 1.807) is 29.5 Å². The van der Waals surface area contributed by atoms with E-state index in [9.17, 15) is 4.79 Å². The van der Waals surface area contributed by atoms with Crippen LogP contribution in [-0.4, -0.2) is 26.5 Å². The van der Waals surface area contributed by atoms with Crippen LogP contribution in [0.3, 0.4) is 0 Å². The maximum Gasteiger partial charge on any atom is 0.244 e. The predicted molar refractivity (Wildman–Crippen MR) is 98.4 cm³/mol. The van der Waals surface area contributed by atoms with Crippen LogP contribution in [0.2, 0.25) is 10.0 Å². The van der Waals surface area contributed by atoms with Gasteiger partial charge < -0.3 is 10.2 Å². The Bertz CT molecular complexity index is 684. The van der Waals surface area contributed by atoms with Gasteiger partial charge in [0.15, 0.2) is 0 Å². The highest BCUT2D eigenvalue weighted by molar-refractivity contribution is 7.10. The lowest BCUT2D eigenvalue weighted by molar-refractivity contribution is -0.890. The Balaban J connectivity index is 1.93. The topological polar surface area (TPSA) is 33.5 Å². The first kappa shape index (κ1) is 18.0. The zero-order chi connectivity index (χ0) is 16.8. The lowest BCUT2D eigenvalue weighted by atomic mass is 10.2. The van der Waals surface area contributed by atoms with Gasteiger partial charge in [-0.2, -0.15) is 0 Å². The molecule has 2 rings (SSSR count). The summed E-state index contributed by atoms with van der Waals surface area (Å²) in [6, 6.07) is 9.63. The van der Waals surface area contributed by atoms with Gasteiger partial charge in [0.25, 0.3) is 0 Å². The molecule has 0 aliphatic heterocycles. The molecule has 1 amide bonds. The zero-order valence-corrected chi connectivity index (χ0v) is 15.3. The maximum atomic E-state index is 12.0. The first-order valence-corrected chi connectivity index (χ1v) is 8.85. The van der Waals surface area contributed by atoms with Crippen molar-refractivity contribution < 1.29 is 9.69 Å². The van der Waals surface area contributed by atoms with Crippen LogP contribution in [0.1, 0.15) is 16.5 Å². The van der Waals surface area contributed by atoms with Crippen LogP contribution in [0.15, 0.2) is 41.8 Å². The number of thiophene rings is 1. The third-order valence-corrected chi connectivity index (χ3v) is 5.16. The van der Waals surface area contributed by atoms with Crippen molar-refractivity contribution in [2.45, 2.75) is 6.04 Å². The van der Waals surface area contributed by atoms with E-state index in [1.165, 1.54) is 15.9 Å². The molecule has 2 aromatic rings. The number of likely N-dealkylation sites (N-methyl/N-ethyl adjacent to an activating group) is 1. The molecular formula is C17H19Cl2N2OS+. The minimum absolute atomic E-state index is 0.126. The van der Waals surface area contributed by atoms with E-state index in [0.717, 1.165) is 5.56 Å². The van der Waals surface area contributed by atoms with E-state index in [2.05, 4.69) is 30.9 Å². The predicted octanol–water partition coefficient (Wildman–Crippen LogP) is 3.07. The van der Waals surface area contributed by atoms with E-state index in [1.807, 2.05) is 12.1 Å². The maximum absolute atomic E-state index is 12.0. The van der Waals surface area contributed by atoms with Crippen molar-refractivity contribution in [2.75, 3.05) is 20.6 Å². The van der Waals surface area contributed by atoms with Crippen LogP contribution >= 0.6 is 34.5 Å². The summed E-state index contributed by atoms with van der Waals surface area (Å²) >= 11 is 13.5. The molecule has 1 atom stereocenters. The highest BCUT2D eigenvalue weighted by atomic mass is 35.5. The number of hydrogen-bond donors (Lipinski definition) is 2. The second kappa shape index (κ2) is 8.50. The molecule has 1 aromatic heterocycles. The van der Waals surface area contributed by atoms with Crippen molar-refractivity contribution in [3.63, 3.8) is 0 Å². The highest BCUT2D eigenvalue weighted by Gasteiger charge is 2.18. The summed E-state index contributed by atoms with van der Waals surface area (Å²) in [5.74, 6) is -0.126. The van der Waals surface area contributed by atoms with Crippen molar-refractivity contribution >= 4 is 46.5 Å². The van der Waals surface area contributed by atoms with E-state index < -0.39 is 0 Å². The summed E-state index contributed by atoms with van der Waals surface area (Å²) in [5, 5.41) is 5.98. The van der Waals surface area contributed by atoms with Gasteiger partial charge in [0, 0.05) is 6.08 Å². The number of halogens is 2. The molecule has 0 saturated heterocycles. The molecule has 0 unspecified atom stereocenters. The van der Waals surface area contributed by atoms with Crippen molar-refractivity contribution in [3.05, 3.63) is 62.3 Å². The lowest BCUT2D eigenvalue weighted by Crippen LogP contribution is -3.06. The second-order valence-corrected chi connectivity index (χ2v) is 7.19. The van der Waals surface area contributed by atoms with Gasteiger partial charge in [-0.1, -0.05) is 35.3 Å². The summed E-state index contributed by atoms with van der Waals surface area (Å²) in [6.45, 7) is 0.591. The van der Waals surface area contributed by atoms with Crippen LogP contribution in [-0.2, 0) is 4.79 Å². The monoisotopic (exact) mass is 369 g/mol. The SMILES string of the molecule is C[NH+](C)[C@@H](CNC(=O)/C=C/c1ccc(Cl)c(Cl)c1)c1cccs1. The molecule has 0 bridgehead atoms. The van der Waals surface area contributed by atoms with Gasteiger partial charge in [-0.05, 0) is 35.2 Å². The fraction of sp³-hybridized carbons (Fsp3) is 0.235. The first-order valence-electron chi connectivity index (χ1n) is 7.22. The fourth-order valence-electron chi connectivity index (χ4n) is 2.13. The Hall–Kier alpha value is -1.33. The highest BCUT2D eigenvalue weighted by Crippen LogP contribution is 2.23. The number of benzene rings is 1. The van der Waals surface area contributed by atoms with Gasteiger partial charge in [0.1, 0.15) is 6.04 Å². The molecule has 0 fully saturated rings. The molecule has 0 spiro atoms. The number of quaternary nitrogens is 1. The minimum atomic E-state index is -0.126. The third-order valence-electron chi connectivity index (χ3n) is 3.43. The minimum Gasteiger partial charge on any atom is -0.346 e. The van der Waals surface area contributed by atoms with Crippen molar-refractivity contribution in [2.24, 2.45) is 0 Å². The van der Waals surface area contributed by atoms with Gasteiger partial charge in [-0.25, -0.2) is 0 Å². The Kier molecular flexibility index (Phi) is 6.66. The number of amides is 1. The van der Waals surface area contributed by atoms with Crippen LogP contribution in [0.25, 0.3) is 6.08 Å². The molecule has 23 heavy (non-hydrogen) atoms. The van der Waals surface area contributed by atoms with Gasteiger partial charge in [-0.3, -0.25) is 4.79 Å². The summed E-state index contributed by atoms with van der Waals surface area (Å²) in [6.07, 6.45) is 3.23. The number of carbonyl (C=O) groups excluding carboxylic acids is 1. The standard InChI is InChI=1S/C17H18Cl2N2OS/c1-21(2)15(16-4-3-9-23-16)11-20-17(22)8-6-12-5-7-13(18)14(19)10-12/h3-10,15H,11H2,1-2H3,(H,20,22)/p+1/b8-6+/t15-/m0/s1. The molecular weight excluding hydrogens is 351 g/mol. The molecule has 1 heterocycles. The molecule has 6 heteroatoms. The van der Waals surface area contributed by atoms with Crippen LogP contribution < -0.4 is 10.2 Å². The number of hydrogen-bond acceptors (Lipinski definition) is 2. The van der Waals surface area contributed by atoms with Crippen LogP contribution in [0, 0.1) is 0 Å². The summed E-state index contributed by atoms with van der Waals surface area (Å²) in [7, 11) is 4.17. The Labute approximate surface area is 150 Å². The molecule has 0 aliphatic carbocycles. The van der Waals surface area contributed by atoms with Crippen LogP contribution in [0.4, 0.5) is 0 Å². The quantitative estimate of drug-likeness (QED) is 0.753. The van der Waals surface area contributed by atoms with Crippen molar-refractivity contribution in [1.29, 1.82) is 0 Å². The first-order chi connectivity index (χ1) is 11.0. The number of carbonyl (C=O) groups is 1. The molecule has 2 N–H and O–H groups in total. The summed E-state index contributed by atoms with van der Waals surface area (Å²) in [4.78, 5) is 14.5. The van der Waals surface area contributed by atoms with Gasteiger partial charge in [-0.15, -0.1) is 11.3 Å². The smallest absolute Gasteiger partial charge is 0.244 e. The normalized spacial score (nSPS) is 12.7. The lowest BCUT2D eigenvalue weighted by Gasteiger charge is -2.20. The van der Waals surface area contributed by atoms with Gasteiger partial charge in [0.2, 0.25) is 5.91 Å². The average molecular weight is 370 g/mol. The molecule has 0 radical (unpaired) electrons. The molecule has 3 nitrogen and oxygen atoms in total. The average Bonchev–Trinajstić information content (AvgIpc) is 3.02. The Morgan fingerprint density at radius 2 is 2.09 bits per heavy atom. The fourth-order valence-corrected chi connectivity index (χ4v) is 3.39. The van der Waals surface area contributed by atoms with Crippen molar-refractivity contribution in [1.82, 2.24) is 5.32 Å². The van der Waals surface area contributed by atoms with E-state index in [0.29, 0.717) is 16.6 Å². The second-order valence-electron chi connectivity index (χ2n) is 5.40. The Morgan fingerprint density at radius 1 is 1.30 bits per heavy atom. The van der Waals surface area contributed by atoms with E-state index >= 15 is 0 Å². The molecule has 1 aromatic carbocycles. The third kappa shape index (κ3) is 5.36. The number of rotatable bonds is 6. The van der Waals surface area contributed by atoms with Crippen molar-refractivity contribution in [3.8, 4) is 0 Å². The van der Waals surface area contributed by atoms with Gasteiger partial charge in [0.05, 0.1) is 35.6 Å². The summed E-state index contributed by atoms with van der Waals surface area (Å²) in [5.41, 5.74) is 0.836. The zero-order valence-electron chi connectivity index (χ0n) is 13.0. The van der Waals surface area contributed by atoms with E-state index in [-0.39, 0.29) is 11.9 Å². The van der Waals surface area contributed by atoms with E-state index in [4.69, 9.17) is 23.2 Å². The van der Waals surface area contributed by atoms with Gasteiger partial charge >= 0.3 is 0 Å². The summed E-state index contributed by atoms with van der Waals surface area (Å²) < 4.78 is 0.